The van der Waals surface area contributed by atoms with Crippen LogP contribution in [0.3, 0.4) is 0 Å². The fraction of sp³-hybridized carbons (Fsp3) is 0.500. The van der Waals surface area contributed by atoms with Crippen LogP contribution in [0.15, 0.2) is 18.2 Å². The summed E-state index contributed by atoms with van der Waals surface area (Å²) >= 11 is 0. The molecule has 0 saturated carbocycles. The number of rotatable bonds is 6. The summed E-state index contributed by atoms with van der Waals surface area (Å²) in [6.45, 7) is -1.46. The molecule has 1 rings (SSSR count). The van der Waals surface area contributed by atoms with E-state index in [9.17, 15) is 22.0 Å². The van der Waals surface area contributed by atoms with Gasteiger partial charge in [0.25, 0.3) is 0 Å². The normalized spacial score (nSPS) is 13.6. The van der Waals surface area contributed by atoms with Crippen LogP contribution in [-0.2, 0) is 4.74 Å². The number of ether oxygens (including phenoxy) is 1. The van der Waals surface area contributed by atoms with Gasteiger partial charge in [0.15, 0.2) is 0 Å². The van der Waals surface area contributed by atoms with Crippen molar-refractivity contribution in [3.8, 4) is 0 Å². The van der Waals surface area contributed by atoms with Crippen LogP contribution in [0.4, 0.5) is 22.0 Å². The molecule has 19 heavy (non-hydrogen) atoms. The third-order valence-corrected chi connectivity index (χ3v) is 2.43. The Balaban J connectivity index is 2.35. The van der Waals surface area contributed by atoms with Crippen LogP contribution in [0.2, 0.25) is 0 Å². The van der Waals surface area contributed by atoms with E-state index >= 15 is 0 Å². The van der Waals surface area contributed by atoms with Gasteiger partial charge in [-0.05, 0) is 31.0 Å². The van der Waals surface area contributed by atoms with Crippen LogP contribution in [0.1, 0.15) is 24.4 Å². The van der Waals surface area contributed by atoms with E-state index in [1.165, 1.54) is 0 Å². The van der Waals surface area contributed by atoms with Gasteiger partial charge in [-0.25, -0.2) is 8.78 Å². The van der Waals surface area contributed by atoms with E-state index in [0.717, 1.165) is 18.2 Å². The van der Waals surface area contributed by atoms with Crippen LogP contribution in [0.5, 0.6) is 0 Å². The SMILES string of the molecule is NC(CCCOCC(F)(F)F)c1cc(F)ccc1F. The summed E-state index contributed by atoms with van der Waals surface area (Å²) in [6, 6.07) is 2.14. The molecule has 0 amide bonds. The highest BCUT2D eigenvalue weighted by Crippen LogP contribution is 2.20. The first-order valence-corrected chi connectivity index (χ1v) is 5.64. The second kappa shape index (κ2) is 6.81. The minimum atomic E-state index is -4.36. The first-order valence-electron chi connectivity index (χ1n) is 5.64. The van der Waals surface area contributed by atoms with Gasteiger partial charge in [0.1, 0.15) is 18.2 Å². The number of hydrogen-bond donors (Lipinski definition) is 1. The zero-order valence-electron chi connectivity index (χ0n) is 10.0. The van der Waals surface area contributed by atoms with Crippen LogP contribution in [0.25, 0.3) is 0 Å². The van der Waals surface area contributed by atoms with E-state index in [2.05, 4.69) is 4.74 Å². The number of alkyl halides is 3. The van der Waals surface area contributed by atoms with Crippen LogP contribution >= 0.6 is 0 Å². The molecule has 2 N–H and O–H groups in total. The quantitative estimate of drug-likeness (QED) is 0.642. The van der Waals surface area contributed by atoms with E-state index in [1.54, 1.807) is 0 Å². The molecule has 0 spiro atoms. The van der Waals surface area contributed by atoms with Crippen LogP contribution in [-0.4, -0.2) is 19.4 Å². The lowest BCUT2D eigenvalue weighted by molar-refractivity contribution is -0.174. The van der Waals surface area contributed by atoms with Gasteiger partial charge < -0.3 is 10.5 Å². The molecule has 2 nitrogen and oxygen atoms in total. The van der Waals surface area contributed by atoms with Gasteiger partial charge in [-0.15, -0.1) is 0 Å². The lowest BCUT2D eigenvalue weighted by Gasteiger charge is -2.13. The zero-order valence-corrected chi connectivity index (χ0v) is 10.0. The van der Waals surface area contributed by atoms with E-state index < -0.39 is 30.5 Å². The van der Waals surface area contributed by atoms with E-state index in [4.69, 9.17) is 5.73 Å². The predicted octanol–water partition coefficient (Wildman–Crippen LogP) is 3.32. The van der Waals surface area contributed by atoms with Crippen molar-refractivity contribution >= 4 is 0 Å². The molecule has 1 atom stereocenters. The minimum Gasteiger partial charge on any atom is -0.372 e. The van der Waals surface area contributed by atoms with Gasteiger partial charge in [0.05, 0.1) is 0 Å². The van der Waals surface area contributed by atoms with Gasteiger partial charge in [-0.3, -0.25) is 0 Å². The summed E-state index contributed by atoms with van der Waals surface area (Å²) in [5.41, 5.74) is 5.66. The lowest BCUT2D eigenvalue weighted by Crippen LogP contribution is -2.18. The molecular weight excluding hydrogens is 269 g/mol. The van der Waals surface area contributed by atoms with Crippen molar-refractivity contribution in [1.29, 1.82) is 0 Å². The molecule has 0 aromatic heterocycles. The highest BCUT2D eigenvalue weighted by molar-refractivity contribution is 5.21. The highest BCUT2D eigenvalue weighted by atomic mass is 19.4. The first-order chi connectivity index (χ1) is 8.79. The maximum absolute atomic E-state index is 13.3. The van der Waals surface area contributed by atoms with Gasteiger partial charge in [-0.2, -0.15) is 13.2 Å². The average molecular weight is 283 g/mol. The third kappa shape index (κ3) is 5.98. The zero-order chi connectivity index (χ0) is 14.5. The van der Waals surface area contributed by atoms with Gasteiger partial charge >= 0.3 is 6.18 Å². The van der Waals surface area contributed by atoms with E-state index in [1.807, 2.05) is 0 Å². The van der Waals surface area contributed by atoms with E-state index in [0.29, 0.717) is 0 Å². The summed E-state index contributed by atoms with van der Waals surface area (Å²) in [5, 5.41) is 0. The van der Waals surface area contributed by atoms with Crippen molar-refractivity contribution < 1.29 is 26.7 Å². The topological polar surface area (TPSA) is 35.2 Å². The molecule has 0 aliphatic heterocycles. The van der Waals surface area contributed by atoms with Crippen LogP contribution < -0.4 is 5.73 Å². The fourth-order valence-electron chi connectivity index (χ4n) is 1.55. The summed E-state index contributed by atoms with van der Waals surface area (Å²) in [6.07, 6.45) is -3.93. The van der Waals surface area contributed by atoms with Crippen molar-refractivity contribution in [3.63, 3.8) is 0 Å². The fourth-order valence-corrected chi connectivity index (χ4v) is 1.55. The first kappa shape index (κ1) is 15.8. The molecule has 0 heterocycles. The van der Waals surface area contributed by atoms with Crippen molar-refractivity contribution in [2.75, 3.05) is 13.2 Å². The Labute approximate surface area is 107 Å². The standard InChI is InChI=1S/C12H14F5NO/c13-8-3-4-10(14)9(6-8)11(18)2-1-5-19-7-12(15,16)17/h3-4,6,11H,1-2,5,7,18H2. The molecule has 0 fully saturated rings. The number of hydrogen-bond acceptors (Lipinski definition) is 2. The predicted molar refractivity (Wildman–Crippen MR) is 59.4 cm³/mol. The maximum Gasteiger partial charge on any atom is 0.411 e. The molecule has 0 bridgehead atoms. The van der Waals surface area contributed by atoms with Crippen molar-refractivity contribution in [2.45, 2.75) is 25.1 Å². The Morgan fingerprint density at radius 2 is 1.89 bits per heavy atom. The van der Waals surface area contributed by atoms with Crippen molar-refractivity contribution in [1.82, 2.24) is 0 Å². The molecular formula is C12H14F5NO. The lowest BCUT2D eigenvalue weighted by atomic mass is 10.0. The molecule has 108 valence electrons. The van der Waals surface area contributed by atoms with Crippen molar-refractivity contribution in [2.24, 2.45) is 5.73 Å². The Kier molecular flexibility index (Phi) is 5.68. The summed E-state index contributed by atoms with van der Waals surface area (Å²) in [5.74, 6) is -1.25. The number of nitrogens with two attached hydrogens (primary N) is 1. The second-order valence-corrected chi connectivity index (χ2v) is 4.08. The van der Waals surface area contributed by atoms with Crippen LogP contribution in [0, 0.1) is 11.6 Å². The molecule has 0 radical (unpaired) electrons. The van der Waals surface area contributed by atoms with Crippen molar-refractivity contribution in [3.05, 3.63) is 35.4 Å². The Hall–Kier alpha value is -1.21. The van der Waals surface area contributed by atoms with E-state index in [-0.39, 0.29) is 25.0 Å². The Bertz CT molecular complexity index is 408. The monoisotopic (exact) mass is 283 g/mol. The average Bonchev–Trinajstić information content (AvgIpc) is 2.30. The summed E-state index contributed by atoms with van der Waals surface area (Å²) < 4.78 is 65.9. The summed E-state index contributed by atoms with van der Waals surface area (Å²) in [4.78, 5) is 0. The molecule has 1 aromatic carbocycles. The highest BCUT2D eigenvalue weighted by Gasteiger charge is 2.27. The summed E-state index contributed by atoms with van der Waals surface area (Å²) in [7, 11) is 0. The molecule has 0 saturated heterocycles. The van der Waals surface area contributed by atoms with Gasteiger partial charge in [0.2, 0.25) is 0 Å². The minimum absolute atomic E-state index is 0.0100. The molecule has 0 aliphatic rings. The maximum atomic E-state index is 13.3. The molecule has 7 heteroatoms. The second-order valence-electron chi connectivity index (χ2n) is 4.08. The molecule has 0 aliphatic carbocycles. The molecule has 1 unspecified atom stereocenters. The smallest absolute Gasteiger partial charge is 0.372 e. The van der Waals surface area contributed by atoms with Gasteiger partial charge in [0, 0.05) is 18.2 Å². The largest absolute Gasteiger partial charge is 0.411 e. The molecule has 1 aromatic rings. The third-order valence-electron chi connectivity index (χ3n) is 2.43. The van der Waals surface area contributed by atoms with Gasteiger partial charge in [-0.1, -0.05) is 0 Å². The number of benzene rings is 1. The Morgan fingerprint density at radius 1 is 1.21 bits per heavy atom. The Morgan fingerprint density at radius 3 is 2.53 bits per heavy atom. The number of halogens is 5.